The number of aryl methyl sites for hydroxylation is 2. The number of aromatic nitrogens is 3. The molecular formula is C15H17N3O2. The molecule has 1 aromatic heterocycles. The number of benzene rings is 1. The molecule has 0 fully saturated rings. The van der Waals surface area contributed by atoms with Crippen molar-refractivity contribution >= 4 is 0 Å². The lowest BCUT2D eigenvalue weighted by atomic mass is 10.2. The first kappa shape index (κ1) is 14.1. The van der Waals surface area contributed by atoms with Crippen LogP contribution in [0.25, 0.3) is 0 Å². The molecule has 0 radical (unpaired) electrons. The lowest BCUT2D eigenvalue weighted by molar-refractivity contribution is 0.289. The van der Waals surface area contributed by atoms with Gasteiger partial charge in [-0.05, 0) is 32.0 Å². The van der Waals surface area contributed by atoms with E-state index in [4.69, 9.17) is 9.84 Å². The molecule has 5 heteroatoms. The van der Waals surface area contributed by atoms with Gasteiger partial charge in [-0.1, -0.05) is 17.9 Å². The summed E-state index contributed by atoms with van der Waals surface area (Å²) in [6, 6.07) is 7.48. The van der Waals surface area contributed by atoms with Gasteiger partial charge in [-0.3, -0.25) is 0 Å². The molecule has 0 aliphatic carbocycles. The molecule has 1 heterocycles. The SMILES string of the molecule is Cc1nc(C)n(CCOc2cccc(C#CCO)c2)n1. The molecule has 1 N–H and O–H groups in total. The molecule has 20 heavy (non-hydrogen) atoms. The van der Waals surface area contributed by atoms with E-state index in [-0.39, 0.29) is 6.61 Å². The molecule has 0 atom stereocenters. The summed E-state index contributed by atoms with van der Waals surface area (Å²) in [5.74, 6) is 7.86. The number of hydrogen-bond donors (Lipinski definition) is 1. The summed E-state index contributed by atoms with van der Waals surface area (Å²) in [6.45, 7) is 4.81. The fraction of sp³-hybridized carbons (Fsp3) is 0.333. The molecule has 1 aromatic carbocycles. The quantitative estimate of drug-likeness (QED) is 0.852. The fourth-order valence-corrected chi connectivity index (χ4v) is 1.83. The highest BCUT2D eigenvalue weighted by atomic mass is 16.5. The van der Waals surface area contributed by atoms with Gasteiger partial charge in [0.2, 0.25) is 0 Å². The van der Waals surface area contributed by atoms with Crippen molar-refractivity contribution < 1.29 is 9.84 Å². The summed E-state index contributed by atoms with van der Waals surface area (Å²) in [4.78, 5) is 4.24. The van der Waals surface area contributed by atoms with Crippen LogP contribution in [-0.2, 0) is 6.54 Å². The molecule has 0 aliphatic rings. The van der Waals surface area contributed by atoms with E-state index >= 15 is 0 Å². The van der Waals surface area contributed by atoms with Crippen LogP contribution in [0.5, 0.6) is 5.75 Å². The summed E-state index contributed by atoms with van der Waals surface area (Å²) in [5, 5.41) is 12.9. The number of aliphatic hydroxyl groups excluding tert-OH is 1. The lowest BCUT2D eigenvalue weighted by Crippen LogP contribution is -2.11. The van der Waals surface area contributed by atoms with Crippen molar-refractivity contribution in [2.24, 2.45) is 0 Å². The molecule has 0 saturated carbocycles. The van der Waals surface area contributed by atoms with Crippen LogP contribution < -0.4 is 4.74 Å². The van der Waals surface area contributed by atoms with Crippen LogP contribution in [-0.4, -0.2) is 33.1 Å². The monoisotopic (exact) mass is 271 g/mol. The third-order valence-electron chi connectivity index (χ3n) is 2.68. The second-order valence-electron chi connectivity index (χ2n) is 4.27. The van der Waals surface area contributed by atoms with E-state index in [1.807, 2.05) is 42.8 Å². The van der Waals surface area contributed by atoms with Crippen LogP contribution in [0.4, 0.5) is 0 Å². The Kier molecular flexibility index (Phi) is 4.75. The highest BCUT2D eigenvalue weighted by Crippen LogP contribution is 2.12. The van der Waals surface area contributed by atoms with Crippen LogP contribution in [0.2, 0.25) is 0 Å². The van der Waals surface area contributed by atoms with Crippen molar-refractivity contribution in [1.29, 1.82) is 0 Å². The number of hydrogen-bond acceptors (Lipinski definition) is 4. The Morgan fingerprint density at radius 3 is 2.90 bits per heavy atom. The Morgan fingerprint density at radius 1 is 1.35 bits per heavy atom. The summed E-state index contributed by atoms with van der Waals surface area (Å²) in [7, 11) is 0. The van der Waals surface area contributed by atoms with E-state index in [0.29, 0.717) is 13.2 Å². The smallest absolute Gasteiger partial charge is 0.147 e. The zero-order chi connectivity index (χ0) is 14.4. The third kappa shape index (κ3) is 3.84. The van der Waals surface area contributed by atoms with Crippen LogP contribution in [0.3, 0.4) is 0 Å². The van der Waals surface area contributed by atoms with Gasteiger partial charge in [0.25, 0.3) is 0 Å². The van der Waals surface area contributed by atoms with Crippen molar-refractivity contribution in [3.05, 3.63) is 41.5 Å². The van der Waals surface area contributed by atoms with Crippen molar-refractivity contribution in [3.63, 3.8) is 0 Å². The van der Waals surface area contributed by atoms with Gasteiger partial charge in [-0.2, -0.15) is 5.10 Å². The minimum atomic E-state index is -0.143. The maximum absolute atomic E-state index is 8.67. The van der Waals surface area contributed by atoms with Crippen molar-refractivity contribution in [1.82, 2.24) is 14.8 Å². The summed E-state index contributed by atoms with van der Waals surface area (Å²) < 4.78 is 7.50. The molecular weight excluding hydrogens is 254 g/mol. The van der Waals surface area contributed by atoms with E-state index in [9.17, 15) is 0 Å². The van der Waals surface area contributed by atoms with Crippen molar-refractivity contribution in [3.8, 4) is 17.6 Å². The topological polar surface area (TPSA) is 60.2 Å². The first-order chi connectivity index (χ1) is 9.69. The zero-order valence-electron chi connectivity index (χ0n) is 11.6. The second kappa shape index (κ2) is 6.73. The predicted molar refractivity (Wildman–Crippen MR) is 75.4 cm³/mol. The first-order valence-electron chi connectivity index (χ1n) is 6.39. The van der Waals surface area contributed by atoms with E-state index in [2.05, 4.69) is 21.9 Å². The maximum atomic E-state index is 8.67. The molecule has 0 saturated heterocycles. The highest BCUT2D eigenvalue weighted by molar-refractivity contribution is 5.39. The minimum Gasteiger partial charge on any atom is -0.492 e. The molecule has 0 amide bonds. The van der Waals surface area contributed by atoms with Crippen molar-refractivity contribution in [2.75, 3.05) is 13.2 Å². The number of rotatable bonds is 4. The Labute approximate surface area is 118 Å². The largest absolute Gasteiger partial charge is 0.492 e. The van der Waals surface area contributed by atoms with E-state index in [1.165, 1.54) is 0 Å². The van der Waals surface area contributed by atoms with Gasteiger partial charge in [0.05, 0.1) is 6.54 Å². The molecule has 104 valence electrons. The molecule has 0 aliphatic heterocycles. The summed E-state index contributed by atoms with van der Waals surface area (Å²) >= 11 is 0. The van der Waals surface area contributed by atoms with Crippen molar-refractivity contribution in [2.45, 2.75) is 20.4 Å². The number of aliphatic hydroxyl groups is 1. The Hall–Kier alpha value is -2.32. The van der Waals surface area contributed by atoms with Gasteiger partial charge in [0.1, 0.15) is 30.6 Å². The molecule has 0 unspecified atom stereocenters. The zero-order valence-corrected chi connectivity index (χ0v) is 11.6. The minimum absolute atomic E-state index is 0.143. The fourth-order valence-electron chi connectivity index (χ4n) is 1.83. The molecule has 2 rings (SSSR count). The molecule has 0 bridgehead atoms. The first-order valence-corrected chi connectivity index (χ1v) is 6.39. The number of nitrogens with zero attached hydrogens (tertiary/aromatic N) is 3. The van der Waals surface area contributed by atoms with Gasteiger partial charge in [-0.25, -0.2) is 9.67 Å². The second-order valence-corrected chi connectivity index (χ2v) is 4.27. The third-order valence-corrected chi connectivity index (χ3v) is 2.68. The normalized spacial score (nSPS) is 9.95. The number of ether oxygens (including phenoxy) is 1. The van der Waals surface area contributed by atoms with Gasteiger partial charge in [0.15, 0.2) is 0 Å². The van der Waals surface area contributed by atoms with Crippen LogP contribution in [0, 0.1) is 25.7 Å². The average molecular weight is 271 g/mol. The maximum Gasteiger partial charge on any atom is 0.147 e. The standard InChI is InChI=1S/C15H17N3O2/c1-12-16-13(2)18(17-12)8-10-20-15-7-3-5-14(11-15)6-4-9-19/h3,5,7,11,19H,8-10H2,1-2H3. The van der Waals surface area contributed by atoms with Crippen LogP contribution in [0.15, 0.2) is 24.3 Å². The summed E-state index contributed by atoms with van der Waals surface area (Å²) in [5.41, 5.74) is 0.823. The van der Waals surface area contributed by atoms with Crippen LogP contribution >= 0.6 is 0 Å². The Bertz CT molecular complexity index is 638. The lowest BCUT2D eigenvalue weighted by Gasteiger charge is -2.07. The van der Waals surface area contributed by atoms with Gasteiger partial charge < -0.3 is 9.84 Å². The van der Waals surface area contributed by atoms with Gasteiger partial charge >= 0.3 is 0 Å². The molecule has 0 spiro atoms. The van der Waals surface area contributed by atoms with Gasteiger partial charge in [0, 0.05) is 5.56 Å². The summed E-state index contributed by atoms with van der Waals surface area (Å²) in [6.07, 6.45) is 0. The molecule has 2 aromatic rings. The predicted octanol–water partition coefficient (Wildman–Crippen LogP) is 1.32. The Morgan fingerprint density at radius 2 is 2.20 bits per heavy atom. The van der Waals surface area contributed by atoms with Crippen LogP contribution in [0.1, 0.15) is 17.2 Å². The highest BCUT2D eigenvalue weighted by Gasteiger charge is 2.02. The van der Waals surface area contributed by atoms with E-state index < -0.39 is 0 Å². The average Bonchev–Trinajstić information content (AvgIpc) is 2.75. The van der Waals surface area contributed by atoms with E-state index in [1.54, 1.807) is 0 Å². The van der Waals surface area contributed by atoms with Gasteiger partial charge in [-0.15, -0.1) is 0 Å². The van der Waals surface area contributed by atoms with E-state index in [0.717, 1.165) is 23.0 Å². The Balaban J connectivity index is 1.92. The molecule has 5 nitrogen and oxygen atoms in total.